The number of sulfone groups is 1. The molecule has 0 aromatic heterocycles. The highest BCUT2D eigenvalue weighted by molar-refractivity contribution is 7.90. The lowest BCUT2D eigenvalue weighted by Gasteiger charge is -2.41. The van der Waals surface area contributed by atoms with Crippen LogP contribution in [-0.4, -0.2) is 87.3 Å². The average molecular weight is 465 g/mol. The van der Waals surface area contributed by atoms with Crippen molar-refractivity contribution in [1.82, 2.24) is 9.80 Å². The van der Waals surface area contributed by atoms with E-state index < -0.39 is 9.84 Å². The summed E-state index contributed by atoms with van der Waals surface area (Å²) in [5.41, 5.74) is 6.96. The summed E-state index contributed by atoms with van der Waals surface area (Å²) >= 11 is 0. The number of nitriles is 1. The van der Waals surface area contributed by atoms with E-state index in [-0.39, 0.29) is 36.6 Å². The van der Waals surface area contributed by atoms with Gasteiger partial charge in [0.1, 0.15) is 15.6 Å². The van der Waals surface area contributed by atoms with Crippen LogP contribution in [0.2, 0.25) is 0 Å². The smallest absolute Gasteiger partial charge is 0.409 e. The highest BCUT2D eigenvalue weighted by Gasteiger charge is 2.42. The Hall–Kier alpha value is -2.35. The molecule has 0 saturated carbocycles. The van der Waals surface area contributed by atoms with E-state index >= 15 is 0 Å². The molecule has 176 valence electrons. The summed E-state index contributed by atoms with van der Waals surface area (Å²) in [5.74, 6) is 0.742. The van der Waals surface area contributed by atoms with Gasteiger partial charge in [-0.2, -0.15) is 5.26 Å². The molecule has 2 bridgehead atoms. The summed E-state index contributed by atoms with van der Waals surface area (Å²) in [6.07, 6.45) is 3.89. The molecule has 1 amide bonds. The molecule has 0 radical (unpaired) electrons. The van der Waals surface area contributed by atoms with E-state index in [4.69, 9.17) is 20.5 Å². The number of nitrogens with zero attached hydrogens (tertiary/aromatic N) is 3. The number of piperazine rings is 1. The number of rotatable bonds is 10. The van der Waals surface area contributed by atoms with Crippen LogP contribution in [0.1, 0.15) is 31.2 Å². The Labute approximate surface area is 190 Å². The normalized spacial score (nSPS) is 21.7. The number of likely N-dealkylation sites (tertiary alicyclic amines) is 1. The van der Waals surface area contributed by atoms with Crippen molar-refractivity contribution in [1.29, 1.82) is 5.26 Å². The van der Waals surface area contributed by atoms with Gasteiger partial charge in [-0.25, -0.2) is 13.2 Å². The third-order valence-corrected chi connectivity index (χ3v) is 6.99. The minimum absolute atomic E-state index is 0.0199. The number of nitrogens with two attached hydrogens (primary N) is 1. The molecular weight excluding hydrogens is 432 g/mol. The van der Waals surface area contributed by atoms with Crippen LogP contribution in [0.25, 0.3) is 0 Å². The highest BCUT2D eigenvalue weighted by atomic mass is 32.2. The molecule has 2 fully saturated rings. The molecule has 3 atom stereocenters. The third-order valence-electron chi connectivity index (χ3n) is 5.96. The maximum Gasteiger partial charge on any atom is 0.409 e. The maximum absolute atomic E-state index is 12.4. The molecule has 9 nitrogen and oxygen atoms in total. The summed E-state index contributed by atoms with van der Waals surface area (Å²) in [7, 11) is -3.04. The van der Waals surface area contributed by atoms with Crippen LogP contribution in [0, 0.1) is 11.3 Å². The molecule has 1 aromatic rings. The van der Waals surface area contributed by atoms with E-state index in [2.05, 4.69) is 11.0 Å². The molecule has 2 saturated heterocycles. The summed E-state index contributed by atoms with van der Waals surface area (Å²) in [6.45, 7) is 2.59. The first-order chi connectivity index (χ1) is 15.2. The van der Waals surface area contributed by atoms with Gasteiger partial charge in [-0.3, -0.25) is 4.90 Å². The van der Waals surface area contributed by atoms with Crippen LogP contribution < -0.4 is 10.5 Å². The van der Waals surface area contributed by atoms with Gasteiger partial charge in [0, 0.05) is 44.0 Å². The largest absolute Gasteiger partial charge is 0.494 e. The number of carbonyl (C=O) groups excluding carboxylic acids is 1. The van der Waals surface area contributed by atoms with E-state index in [0.29, 0.717) is 38.1 Å². The Morgan fingerprint density at radius 1 is 1.22 bits per heavy atom. The molecule has 3 rings (SSSR count). The van der Waals surface area contributed by atoms with Gasteiger partial charge in [0.25, 0.3) is 0 Å². The van der Waals surface area contributed by atoms with E-state index in [1.165, 1.54) is 6.26 Å². The highest BCUT2D eigenvalue weighted by Crippen LogP contribution is 2.30. The second-order valence-electron chi connectivity index (χ2n) is 8.62. The van der Waals surface area contributed by atoms with E-state index in [9.17, 15) is 13.2 Å². The number of amides is 1. The molecule has 3 unspecified atom stereocenters. The molecule has 2 heterocycles. The quantitative estimate of drug-likeness (QED) is 0.515. The fourth-order valence-electron chi connectivity index (χ4n) is 4.33. The minimum atomic E-state index is -3.04. The van der Waals surface area contributed by atoms with Crippen molar-refractivity contribution < 1.29 is 22.7 Å². The average Bonchev–Trinajstić information content (AvgIpc) is 2.97. The second kappa shape index (κ2) is 11.0. The van der Waals surface area contributed by atoms with Crippen LogP contribution in [0.3, 0.4) is 0 Å². The summed E-state index contributed by atoms with van der Waals surface area (Å²) in [6, 6.07) is 9.59. The number of hydrogen-bond acceptors (Lipinski definition) is 8. The monoisotopic (exact) mass is 464 g/mol. The van der Waals surface area contributed by atoms with Crippen LogP contribution in [-0.2, 0) is 14.6 Å². The molecule has 32 heavy (non-hydrogen) atoms. The summed E-state index contributed by atoms with van der Waals surface area (Å²) in [5, 5.41) is 8.84. The van der Waals surface area contributed by atoms with Gasteiger partial charge in [0.05, 0.1) is 30.6 Å². The Kier molecular flexibility index (Phi) is 8.34. The van der Waals surface area contributed by atoms with Crippen LogP contribution in [0.4, 0.5) is 4.79 Å². The molecule has 2 aliphatic heterocycles. The zero-order valence-electron chi connectivity index (χ0n) is 18.5. The number of carbonyl (C=O) groups is 1. The zero-order valence-corrected chi connectivity index (χ0v) is 19.3. The summed E-state index contributed by atoms with van der Waals surface area (Å²) < 4.78 is 33.4. The van der Waals surface area contributed by atoms with E-state index in [1.807, 2.05) is 0 Å². The second-order valence-corrected chi connectivity index (χ2v) is 10.9. The third kappa shape index (κ3) is 7.08. The lowest BCUT2D eigenvalue weighted by atomic mass is 10.1. The number of fused-ring (bicyclic) bond motifs is 2. The van der Waals surface area contributed by atoms with Crippen molar-refractivity contribution >= 4 is 15.9 Å². The van der Waals surface area contributed by atoms with E-state index in [0.717, 1.165) is 25.1 Å². The van der Waals surface area contributed by atoms with Crippen molar-refractivity contribution in [3.05, 3.63) is 29.8 Å². The first-order valence-electron chi connectivity index (χ1n) is 11.0. The fraction of sp³-hybridized carbons (Fsp3) is 0.636. The Bertz CT molecular complexity index is 901. The SMILES string of the molecule is CS(=O)(=O)CCCOC(=O)N1CC2CCC(C1)N2CC(N)CCOc1ccc(C#N)cc1. The minimum Gasteiger partial charge on any atom is -0.494 e. The molecular formula is C22H32N4O5S. The molecule has 0 spiro atoms. The van der Waals surface area contributed by atoms with Crippen LogP contribution >= 0.6 is 0 Å². The first-order valence-corrected chi connectivity index (χ1v) is 13.0. The van der Waals surface area contributed by atoms with Gasteiger partial charge in [-0.05, 0) is 49.9 Å². The number of benzene rings is 1. The standard InChI is InChI=1S/C22H32N4O5S/c1-32(28,29)12-2-10-31-22(27)25-15-19-5-6-20(16-25)26(19)14-18(24)9-11-30-21-7-3-17(13-23)4-8-21/h3-4,7-8,18-20H,2,5-6,9-12,14-16,24H2,1H3. The van der Waals surface area contributed by atoms with Gasteiger partial charge in [-0.15, -0.1) is 0 Å². The van der Waals surface area contributed by atoms with Crippen molar-refractivity contribution in [3.63, 3.8) is 0 Å². The van der Waals surface area contributed by atoms with Gasteiger partial charge in [0.2, 0.25) is 0 Å². The molecule has 2 N–H and O–H groups in total. The van der Waals surface area contributed by atoms with E-state index in [1.54, 1.807) is 29.2 Å². The molecule has 0 aliphatic carbocycles. The molecule has 1 aromatic carbocycles. The summed E-state index contributed by atoms with van der Waals surface area (Å²) in [4.78, 5) is 16.5. The van der Waals surface area contributed by atoms with Crippen LogP contribution in [0.15, 0.2) is 24.3 Å². The Morgan fingerprint density at radius 2 is 1.88 bits per heavy atom. The van der Waals surface area contributed by atoms with Crippen molar-refractivity contribution in [2.75, 3.05) is 44.9 Å². The number of ether oxygens (including phenoxy) is 2. The van der Waals surface area contributed by atoms with Gasteiger partial charge in [0.15, 0.2) is 0 Å². The lowest BCUT2D eigenvalue weighted by Crippen LogP contribution is -2.57. The van der Waals surface area contributed by atoms with Crippen molar-refractivity contribution in [2.24, 2.45) is 5.73 Å². The molecule has 2 aliphatic rings. The fourth-order valence-corrected chi connectivity index (χ4v) is 4.97. The number of hydrogen-bond donors (Lipinski definition) is 1. The topological polar surface area (TPSA) is 126 Å². The maximum atomic E-state index is 12.4. The van der Waals surface area contributed by atoms with Gasteiger partial charge < -0.3 is 20.1 Å². The Morgan fingerprint density at radius 3 is 2.47 bits per heavy atom. The lowest BCUT2D eigenvalue weighted by molar-refractivity contribution is 0.0424. The van der Waals surface area contributed by atoms with Crippen molar-refractivity contribution in [2.45, 2.75) is 43.8 Å². The Balaban J connectivity index is 1.38. The van der Waals surface area contributed by atoms with Crippen molar-refractivity contribution in [3.8, 4) is 11.8 Å². The molecule has 10 heteroatoms. The van der Waals surface area contributed by atoms with Gasteiger partial charge >= 0.3 is 6.09 Å². The van der Waals surface area contributed by atoms with Gasteiger partial charge in [-0.1, -0.05) is 0 Å². The van der Waals surface area contributed by atoms with Crippen LogP contribution in [0.5, 0.6) is 5.75 Å². The predicted molar refractivity (Wildman–Crippen MR) is 120 cm³/mol. The zero-order chi connectivity index (χ0) is 23.1. The first kappa shape index (κ1) is 24.3. The predicted octanol–water partition coefficient (Wildman–Crippen LogP) is 1.37.